The maximum atomic E-state index is 13.8. The number of hydrogen-bond donors (Lipinski definition) is 0. The summed E-state index contributed by atoms with van der Waals surface area (Å²) in [6.45, 7) is 7.16. The Bertz CT molecular complexity index is 700. The van der Waals surface area contributed by atoms with Gasteiger partial charge in [0.1, 0.15) is 5.75 Å². The van der Waals surface area contributed by atoms with Crippen LogP contribution in [0.5, 0.6) is 11.5 Å². The summed E-state index contributed by atoms with van der Waals surface area (Å²) in [5.74, 6) is 0.932. The van der Waals surface area contributed by atoms with Gasteiger partial charge in [0.2, 0.25) is 0 Å². The molecule has 0 radical (unpaired) electrons. The Morgan fingerprint density at radius 3 is 2.44 bits per heavy atom. The smallest absolute Gasteiger partial charge is 0.165 e. The van der Waals surface area contributed by atoms with Crippen LogP contribution in [0.25, 0.3) is 0 Å². The molecule has 0 aromatic heterocycles. The second-order valence-electron chi connectivity index (χ2n) is 6.13. The summed E-state index contributed by atoms with van der Waals surface area (Å²) < 4.78 is 24.6. The fraction of sp³-hybridized carbons (Fsp3) is 0.400. The number of ether oxygens (including phenoxy) is 2. The molecule has 1 aliphatic heterocycles. The van der Waals surface area contributed by atoms with E-state index < -0.39 is 0 Å². The van der Waals surface area contributed by atoms with E-state index in [0.717, 1.165) is 49.7 Å². The normalized spacial score (nSPS) is 15.2. The summed E-state index contributed by atoms with van der Waals surface area (Å²) in [4.78, 5) is 4.71. The Balaban J connectivity index is 1.60. The van der Waals surface area contributed by atoms with Gasteiger partial charge in [0.25, 0.3) is 0 Å². The minimum atomic E-state index is -0.302. The number of benzene rings is 2. The van der Waals surface area contributed by atoms with Gasteiger partial charge in [-0.3, -0.25) is 4.90 Å². The van der Waals surface area contributed by atoms with Crippen molar-refractivity contribution in [3.05, 3.63) is 53.8 Å². The highest BCUT2D eigenvalue weighted by molar-refractivity contribution is 5.58. The molecule has 1 heterocycles. The summed E-state index contributed by atoms with van der Waals surface area (Å²) in [6, 6.07) is 13.4. The van der Waals surface area contributed by atoms with Crippen molar-refractivity contribution >= 4 is 5.69 Å². The number of halogens is 1. The number of hydrogen-bond acceptors (Lipinski definition) is 4. The largest absolute Gasteiger partial charge is 0.494 e. The van der Waals surface area contributed by atoms with E-state index in [1.807, 2.05) is 31.2 Å². The van der Waals surface area contributed by atoms with Crippen molar-refractivity contribution in [1.29, 1.82) is 0 Å². The van der Waals surface area contributed by atoms with E-state index in [1.54, 1.807) is 12.1 Å². The van der Waals surface area contributed by atoms with Crippen LogP contribution in [-0.2, 0) is 6.54 Å². The quantitative estimate of drug-likeness (QED) is 0.800. The molecule has 1 fully saturated rings. The maximum absolute atomic E-state index is 13.8. The van der Waals surface area contributed by atoms with Gasteiger partial charge in [-0.05, 0) is 36.8 Å². The fourth-order valence-corrected chi connectivity index (χ4v) is 3.21. The van der Waals surface area contributed by atoms with Crippen LogP contribution in [0, 0.1) is 5.82 Å². The van der Waals surface area contributed by atoms with Crippen LogP contribution in [0.2, 0.25) is 0 Å². The minimum absolute atomic E-state index is 0.293. The number of nitrogens with zero attached hydrogens (tertiary/aromatic N) is 2. The summed E-state index contributed by atoms with van der Waals surface area (Å²) in [6.07, 6.45) is 0. The van der Waals surface area contributed by atoms with Gasteiger partial charge in [-0.1, -0.05) is 18.2 Å². The highest BCUT2D eigenvalue weighted by Crippen LogP contribution is 2.29. The Morgan fingerprint density at radius 2 is 1.76 bits per heavy atom. The first-order valence-corrected chi connectivity index (χ1v) is 8.72. The van der Waals surface area contributed by atoms with Crippen molar-refractivity contribution in [2.45, 2.75) is 13.5 Å². The summed E-state index contributed by atoms with van der Waals surface area (Å²) in [5, 5.41) is 0. The number of rotatable bonds is 6. The van der Waals surface area contributed by atoms with Crippen molar-refractivity contribution < 1.29 is 13.9 Å². The molecule has 0 amide bonds. The third-order valence-electron chi connectivity index (χ3n) is 4.50. The van der Waals surface area contributed by atoms with Gasteiger partial charge in [-0.15, -0.1) is 0 Å². The summed E-state index contributed by atoms with van der Waals surface area (Å²) in [7, 11) is 1.48. The predicted octanol–water partition coefficient (Wildman–Crippen LogP) is 3.56. The lowest BCUT2D eigenvalue weighted by Crippen LogP contribution is -2.46. The molecular formula is C20H25FN2O2. The molecular weight excluding hydrogens is 319 g/mol. The fourth-order valence-electron chi connectivity index (χ4n) is 3.21. The van der Waals surface area contributed by atoms with Gasteiger partial charge >= 0.3 is 0 Å². The standard InChI is InChI=1S/C20H25FN2O2/c1-3-25-20-7-5-4-6-18(20)23-12-10-22(11-13-23)15-16-8-9-19(24-2)17(21)14-16/h4-9,14H,3,10-13,15H2,1-2H3. The second kappa shape index (κ2) is 8.21. The van der Waals surface area contributed by atoms with Gasteiger partial charge in [-0.25, -0.2) is 4.39 Å². The molecule has 1 aliphatic rings. The van der Waals surface area contributed by atoms with E-state index in [9.17, 15) is 4.39 Å². The summed E-state index contributed by atoms with van der Waals surface area (Å²) >= 11 is 0. The molecule has 0 saturated carbocycles. The van der Waals surface area contributed by atoms with Crippen LogP contribution >= 0.6 is 0 Å². The van der Waals surface area contributed by atoms with Crippen molar-refractivity contribution in [3.8, 4) is 11.5 Å². The van der Waals surface area contributed by atoms with Crippen LogP contribution < -0.4 is 14.4 Å². The molecule has 0 bridgehead atoms. The molecule has 0 unspecified atom stereocenters. The van der Waals surface area contributed by atoms with Crippen LogP contribution in [0.15, 0.2) is 42.5 Å². The third kappa shape index (κ3) is 4.23. The zero-order valence-electron chi connectivity index (χ0n) is 14.9. The lowest BCUT2D eigenvalue weighted by molar-refractivity contribution is 0.248. The number of anilines is 1. The van der Waals surface area contributed by atoms with Crippen LogP contribution in [0.3, 0.4) is 0 Å². The minimum Gasteiger partial charge on any atom is -0.494 e. The molecule has 0 spiro atoms. The lowest BCUT2D eigenvalue weighted by Gasteiger charge is -2.36. The van der Waals surface area contributed by atoms with Gasteiger partial charge in [0, 0.05) is 32.7 Å². The van der Waals surface area contributed by atoms with Crippen molar-refractivity contribution in [2.24, 2.45) is 0 Å². The van der Waals surface area contributed by atoms with E-state index in [2.05, 4.69) is 15.9 Å². The predicted molar refractivity (Wildman–Crippen MR) is 98.1 cm³/mol. The molecule has 3 rings (SSSR count). The molecule has 134 valence electrons. The first-order chi connectivity index (χ1) is 12.2. The van der Waals surface area contributed by atoms with Crippen molar-refractivity contribution in [3.63, 3.8) is 0 Å². The maximum Gasteiger partial charge on any atom is 0.165 e. The van der Waals surface area contributed by atoms with Crippen LogP contribution in [0.4, 0.5) is 10.1 Å². The molecule has 1 saturated heterocycles. The molecule has 25 heavy (non-hydrogen) atoms. The Hall–Kier alpha value is -2.27. The highest BCUT2D eigenvalue weighted by Gasteiger charge is 2.20. The third-order valence-corrected chi connectivity index (χ3v) is 4.50. The topological polar surface area (TPSA) is 24.9 Å². The monoisotopic (exact) mass is 344 g/mol. The van der Waals surface area contributed by atoms with E-state index in [-0.39, 0.29) is 5.82 Å². The first-order valence-electron chi connectivity index (χ1n) is 8.72. The van der Waals surface area contributed by atoms with Crippen molar-refractivity contribution in [1.82, 2.24) is 4.90 Å². The highest BCUT2D eigenvalue weighted by atomic mass is 19.1. The van der Waals surface area contributed by atoms with E-state index in [0.29, 0.717) is 12.4 Å². The van der Waals surface area contributed by atoms with E-state index >= 15 is 0 Å². The first kappa shape index (κ1) is 17.5. The molecule has 0 aliphatic carbocycles. The average molecular weight is 344 g/mol. The summed E-state index contributed by atoms with van der Waals surface area (Å²) in [5.41, 5.74) is 2.13. The number of piperazine rings is 1. The van der Waals surface area contributed by atoms with E-state index in [4.69, 9.17) is 9.47 Å². The van der Waals surface area contributed by atoms with Gasteiger partial charge in [0.05, 0.1) is 19.4 Å². The SMILES string of the molecule is CCOc1ccccc1N1CCN(Cc2ccc(OC)c(F)c2)CC1. The zero-order valence-corrected chi connectivity index (χ0v) is 14.9. The van der Waals surface area contributed by atoms with Gasteiger partial charge in [-0.2, -0.15) is 0 Å². The Labute approximate surface area is 148 Å². The molecule has 0 atom stereocenters. The molecule has 2 aromatic carbocycles. The van der Waals surface area contributed by atoms with Crippen LogP contribution in [-0.4, -0.2) is 44.8 Å². The zero-order chi connectivity index (χ0) is 17.6. The average Bonchev–Trinajstić information content (AvgIpc) is 2.63. The molecule has 4 nitrogen and oxygen atoms in total. The molecule has 5 heteroatoms. The second-order valence-corrected chi connectivity index (χ2v) is 6.13. The van der Waals surface area contributed by atoms with Crippen molar-refractivity contribution in [2.75, 3.05) is 44.8 Å². The molecule has 0 N–H and O–H groups in total. The number of methoxy groups -OCH3 is 1. The number of para-hydroxylation sites is 2. The van der Waals surface area contributed by atoms with Gasteiger partial charge in [0.15, 0.2) is 11.6 Å². The Morgan fingerprint density at radius 1 is 1.00 bits per heavy atom. The van der Waals surface area contributed by atoms with Gasteiger partial charge < -0.3 is 14.4 Å². The van der Waals surface area contributed by atoms with E-state index in [1.165, 1.54) is 7.11 Å². The lowest BCUT2D eigenvalue weighted by atomic mass is 10.1. The van der Waals surface area contributed by atoms with Crippen LogP contribution in [0.1, 0.15) is 12.5 Å². The Kier molecular flexibility index (Phi) is 5.76. The molecule has 2 aromatic rings.